The van der Waals surface area contributed by atoms with E-state index in [0.717, 1.165) is 22.3 Å². The first-order valence-electron chi connectivity index (χ1n) is 13.2. The van der Waals surface area contributed by atoms with Crippen LogP contribution in [0.25, 0.3) is 11.1 Å². The molecule has 2 heterocycles. The Morgan fingerprint density at radius 1 is 0.868 bits per heavy atom. The van der Waals surface area contributed by atoms with E-state index in [1.807, 2.05) is 38.1 Å². The van der Waals surface area contributed by atoms with Crippen LogP contribution in [0.15, 0.2) is 48.5 Å². The molecule has 200 valence electrons. The van der Waals surface area contributed by atoms with Gasteiger partial charge in [0.2, 0.25) is 11.8 Å². The lowest BCUT2D eigenvalue weighted by Crippen LogP contribution is -2.53. The minimum absolute atomic E-state index is 0.0812. The van der Waals surface area contributed by atoms with Gasteiger partial charge in [-0.25, -0.2) is 4.79 Å². The minimum atomic E-state index is -1.15. The number of nitrogens with one attached hydrogen (secondary N) is 1. The first-order valence-corrected chi connectivity index (χ1v) is 13.2. The van der Waals surface area contributed by atoms with Gasteiger partial charge in [0, 0.05) is 19.0 Å². The number of ether oxygens (including phenoxy) is 1. The number of likely N-dealkylation sites (tertiary alicyclic amines) is 2. The van der Waals surface area contributed by atoms with Crippen LogP contribution in [0.4, 0.5) is 4.79 Å². The quantitative estimate of drug-likeness (QED) is 0.606. The fourth-order valence-electron chi connectivity index (χ4n) is 6.17. The maximum Gasteiger partial charge on any atom is 0.410 e. The summed E-state index contributed by atoms with van der Waals surface area (Å²) in [4.78, 5) is 53.6. The summed E-state index contributed by atoms with van der Waals surface area (Å²) in [6, 6.07) is 14.8. The molecule has 2 aromatic rings. The molecule has 0 saturated carbocycles. The molecule has 9 nitrogen and oxygen atoms in total. The largest absolute Gasteiger partial charge is 0.480 e. The highest BCUT2D eigenvalue weighted by Crippen LogP contribution is 2.44. The van der Waals surface area contributed by atoms with Gasteiger partial charge in [-0.2, -0.15) is 0 Å². The number of hydrogen-bond acceptors (Lipinski definition) is 5. The fourth-order valence-corrected chi connectivity index (χ4v) is 6.17. The first kappa shape index (κ1) is 25.8. The second-order valence-electron chi connectivity index (χ2n) is 10.8. The minimum Gasteiger partial charge on any atom is -0.480 e. The second-order valence-corrected chi connectivity index (χ2v) is 10.8. The van der Waals surface area contributed by atoms with Gasteiger partial charge in [0.05, 0.1) is 0 Å². The molecule has 4 atom stereocenters. The van der Waals surface area contributed by atoms with Gasteiger partial charge in [-0.05, 0) is 46.9 Å². The smallest absolute Gasteiger partial charge is 0.410 e. The lowest BCUT2D eigenvalue weighted by Gasteiger charge is -2.30. The second kappa shape index (κ2) is 10.5. The molecular formula is C29H33N3O6. The third-order valence-corrected chi connectivity index (χ3v) is 7.88. The van der Waals surface area contributed by atoms with Crippen LogP contribution in [-0.2, 0) is 19.1 Å². The number of hydrogen-bond donors (Lipinski definition) is 2. The van der Waals surface area contributed by atoms with Crippen molar-refractivity contribution in [3.63, 3.8) is 0 Å². The summed E-state index contributed by atoms with van der Waals surface area (Å²) in [5, 5.41) is 11.3. The van der Waals surface area contributed by atoms with E-state index in [9.17, 15) is 19.2 Å². The zero-order chi connectivity index (χ0) is 27.0. The van der Waals surface area contributed by atoms with E-state index in [1.165, 1.54) is 9.80 Å². The van der Waals surface area contributed by atoms with Crippen LogP contribution in [0, 0.1) is 11.8 Å². The number of carboxylic acid groups (broad SMARTS) is 1. The molecule has 2 unspecified atom stereocenters. The molecule has 5 rings (SSSR count). The molecule has 2 aliphatic heterocycles. The van der Waals surface area contributed by atoms with Crippen molar-refractivity contribution in [3.05, 3.63) is 59.7 Å². The number of benzene rings is 2. The number of carboxylic acids is 1. The maximum atomic E-state index is 13.7. The Balaban J connectivity index is 1.29. The van der Waals surface area contributed by atoms with Crippen molar-refractivity contribution in [2.45, 2.75) is 44.7 Å². The zero-order valence-electron chi connectivity index (χ0n) is 21.6. The van der Waals surface area contributed by atoms with Crippen molar-refractivity contribution >= 4 is 23.9 Å². The van der Waals surface area contributed by atoms with Gasteiger partial charge in [-0.1, -0.05) is 62.4 Å². The third-order valence-electron chi connectivity index (χ3n) is 7.88. The monoisotopic (exact) mass is 519 g/mol. The number of nitrogens with zero attached hydrogens (tertiary/aromatic N) is 2. The van der Waals surface area contributed by atoms with E-state index in [0.29, 0.717) is 25.9 Å². The summed E-state index contributed by atoms with van der Waals surface area (Å²) >= 11 is 0. The molecule has 38 heavy (non-hydrogen) atoms. The Labute approximate surface area is 221 Å². The van der Waals surface area contributed by atoms with Crippen molar-refractivity contribution in [2.24, 2.45) is 11.8 Å². The summed E-state index contributed by atoms with van der Waals surface area (Å²) in [5.41, 5.74) is 4.51. The molecule has 0 radical (unpaired) electrons. The van der Waals surface area contributed by atoms with Gasteiger partial charge < -0.3 is 20.1 Å². The predicted molar refractivity (Wildman–Crippen MR) is 139 cm³/mol. The third kappa shape index (κ3) is 4.85. The molecule has 0 bridgehead atoms. The van der Waals surface area contributed by atoms with Gasteiger partial charge in [-0.15, -0.1) is 0 Å². The molecular weight excluding hydrogens is 486 g/mol. The highest BCUT2D eigenvalue weighted by Gasteiger charge is 2.46. The Bertz CT molecular complexity index is 1220. The average Bonchev–Trinajstić information content (AvgIpc) is 3.58. The van der Waals surface area contributed by atoms with Crippen molar-refractivity contribution in [2.75, 3.05) is 26.2 Å². The molecule has 1 aliphatic carbocycles. The summed E-state index contributed by atoms with van der Waals surface area (Å²) in [5.74, 6) is -1.81. The van der Waals surface area contributed by atoms with E-state index >= 15 is 0 Å². The number of fused-ring (bicyclic) bond motifs is 3. The summed E-state index contributed by atoms with van der Waals surface area (Å²) in [7, 11) is 0. The number of carbonyl (C=O) groups excluding carboxylic acids is 3. The highest BCUT2D eigenvalue weighted by molar-refractivity contribution is 5.93. The predicted octanol–water partition coefficient (Wildman–Crippen LogP) is 3.08. The van der Waals surface area contributed by atoms with Crippen LogP contribution in [-0.4, -0.2) is 77.1 Å². The normalized spacial score (nSPS) is 24.2. The molecule has 3 amide bonds. The lowest BCUT2D eigenvalue weighted by atomic mass is 9.98. The van der Waals surface area contributed by atoms with Crippen LogP contribution in [0.3, 0.4) is 0 Å². The molecule has 0 spiro atoms. The van der Waals surface area contributed by atoms with E-state index < -0.39 is 36.6 Å². The Kier molecular flexibility index (Phi) is 7.10. The SMILES string of the molecule is CC1CC(C(=O)N2C[C@@H](C)C[C@H]2C(=O)NCC(=O)O)N(C(=O)OCC2c3ccccc3-c3ccccc32)C1. The number of aliphatic carboxylic acids is 1. The van der Waals surface area contributed by atoms with Crippen LogP contribution >= 0.6 is 0 Å². The molecule has 3 aliphatic rings. The van der Waals surface area contributed by atoms with Crippen molar-refractivity contribution in [1.82, 2.24) is 15.1 Å². The van der Waals surface area contributed by atoms with Gasteiger partial charge >= 0.3 is 12.1 Å². The molecule has 2 saturated heterocycles. The molecule has 2 aromatic carbocycles. The Morgan fingerprint density at radius 3 is 2.03 bits per heavy atom. The Morgan fingerprint density at radius 2 is 1.42 bits per heavy atom. The summed E-state index contributed by atoms with van der Waals surface area (Å²) in [6.07, 6.45) is 0.399. The standard InChI is InChI=1S/C29H33N3O6/c1-17-11-24(27(35)30-13-26(33)34)31(14-17)28(36)25-12-18(2)15-32(25)29(37)38-16-23-21-9-5-3-7-19(21)20-8-4-6-10-22(20)23/h3-10,17-18,23-25H,11-16H2,1-2H3,(H,30,35)(H,33,34)/t17-,18?,24-,25?/m0/s1. The van der Waals surface area contributed by atoms with Crippen molar-refractivity contribution < 1.29 is 29.0 Å². The van der Waals surface area contributed by atoms with Crippen LogP contribution < -0.4 is 5.32 Å². The molecule has 9 heteroatoms. The van der Waals surface area contributed by atoms with Gasteiger partial charge in [0.1, 0.15) is 25.2 Å². The van der Waals surface area contributed by atoms with E-state index in [4.69, 9.17) is 9.84 Å². The number of carbonyl (C=O) groups is 4. The molecule has 2 N–H and O–H groups in total. The van der Waals surface area contributed by atoms with E-state index in [-0.39, 0.29) is 30.3 Å². The van der Waals surface area contributed by atoms with E-state index in [2.05, 4.69) is 29.6 Å². The van der Waals surface area contributed by atoms with Crippen LogP contribution in [0.2, 0.25) is 0 Å². The van der Waals surface area contributed by atoms with Crippen molar-refractivity contribution in [3.8, 4) is 11.1 Å². The fraction of sp³-hybridized carbons (Fsp3) is 0.448. The molecule has 2 fully saturated rings. The maximum absolute atomic E-state index is 13.7. The zero-order valence-corrected chi connectivity index (χ0v) is 21.6. The van der Waals surface area contributed by atoms with Gasteiger partial charge in [0.15, 0.2) is 0 Å². The van der Waals surface area contributed by atoms with Crippen molar-refractivity contribution in [1.29, 1.82) is 0 Å². The lowest BCUT2D eigenvalue weighted by molar-refractivity contribution is -0.142. The number of amides is 3. The molecule has 0 aromatic heterocycles. The Hall–Kier alpha value is -3.88. The summed E-state index contributed by atoms with van der Waals surface area (Å²) in [6.45, 7) is 4.38. The van der Waals surface area contributed by atoms with Gasteiger partial charge in [-0.3, -0.25) is 19.3 Å². The van der Waals surface area contributed by atoms with Gasteiger partial charge in [0.25, 0.3) is 0 Å². The average molecular weight is 520 g/mol. The highest BCUT2D eigenvalue weighted by atomic mass is 16.6. The summed E-state index contributed by atoms with van der Waals surface area (Å²) < 4.78 is 5.85. The van der Waals surface area contributed by atoms with E-state index in [1.54, 1.807) is 0 Å². The first-order chi connectivity index (χ1) is 18.2. The topological polar surface area (TPSA) is 116 Å². The number of rotatable bonds is 6. The van der Waals surface area contributed by atoms with Crippen LogP contribution in [0.5, 0.6) is 0 Å². The van der Waals surface area contributed by atoms with Crippen LogP contribution in [0.1, 0.15) is 43.7 Å².